The first-order valence-corrected chi connectivity index (χ1v) is 13.4. The molecule has 4 rings (SSSR count). The van der Waals surface area contributed by atoms with Crippen molar-refractivity contribution in [1.29, 1.82) is 0 Å². The van der Waals surface area contributed by atoms with Crippen molar-refractivity contribution in [1.82, 2.24) is 13.9 Å². The quantitative estimate of drug-likeness (QED) is 0.703. The van der Waals surface area contributed by atoms with Crippen LogP contribution < -0.4 is 9.62 Å². The molecular weight excluding hydrogens is 416 g/mol. The molecule has 0 radical (unpaired) electrons. The lowest BCUT2D eigenvalue weighted by Gasteiger charge is -2.37. The van der Waals surface area contributed by atoms with E-state index in [4.69, 9.17) is 0 Å². The Hall–Kier alpha value is -1.19. The summed E-state index contributed by atoms with van der Waals surface area (Å²) in [5.41, 5.74) is 1.38. The predicted molar refractivity (Wildman–Crippen MR) is 127 cm³/mol. The Morgan fingerprint density at radius 3 is 2.50 bits per heavy atom. The molecule has 1 aromatic heterocycles. The van der Waals surface area contributed by atoms with Gasteiger partial charge in [-0.1, -0.05) is 6.07 Å². The minimum atomic E-state index is -3.31. The van der Waals surface area contributed by atoms with E-state index < -0.39 is 10.2 Å². The number of hydrogen-bond donors (Lipinski definition) is 1. The molecule has 1 aliphatic heterocycles. The van der Waals surface area contributed by atoms with E-state index >= 15 is 0 Å². The average molecular weight is 451 g/mol. The normalized spacial score (nSPS) is 24.0. The van der Waals surface area contributed by atoms with Gasteiger partial charge in [0.1, 0.15) is 0 Å². The van der Waals surface area contributed by atoms with Crippen molar-refractivity contribution >= 4 is 37.3 Å². The lowest BCUT2D eigenvalue weighted by molar-refractivity contribution is 0.214. The van der Waals surface area contributed by atoms with Crippen LogP contribution in [0.5, 0.6) is 0 Å². The molecule has 1 saturated carbocycles. The zero-order valence-electron chi connectivity index (χ0n) is 18.1. The summed E-state index contributed by atoms with van der Waals surface area (Å²) in [7, 11) is -0.156. The summed E-state index contributed by atoms with van der Waals surface area (Å²) in [6.07, 6.45) is 5.39. The molecule has 8 heteroatoms. The van der Waals surface area contributed by atoms with Crippen molar-refractivity contribution in [2.24, 2.45) is 5.92 Å². The van der Waals surface area contributed by atoms with E-state index in [-0.39, 0.29) is 6.04 Å². The molecule has 0 amide bonds. The minimum absolute atomic E-state index is 0.0945. The largest absolute Gasteiger partial charge is 0.368 e. The smallest absolute Gasteiger partial charge is 0.279 e. The molecule has 1 N–H and O–H groups in total. The number of rotatable bonds is 7. The van der Waals surface area contributed by atoms with Gasteiger partial charge in [-0.2, -0.15) is 17.4 Å². The minimum Gasteiger partial charge on any atom is -0.368 e. The van der Waals surface area contributed by atoms with E-state index in [1.165, 1.54) is 26.5 Å². The van der Waals surface area contributed by atoms with Crippen LogP contribution in [0.15, 0.2) is 29.6 Å². The Morgan fingerprint density at radius 1 is 1.07 bits per heavy atom. The van der Waals surface area contributed by atoms with Crippen LogP contribution in [0.3, 0.4) is 0 Å². The molecule has 2 fully saturated rings. The van der Waals surface area contributed by atoms with Gasteiger partial charge in [0, 0.05) is 62.1 Å². The Balaban J connectivity index is 1.19. The first-order valence-electron chi connectivity index (χ1n) is 11.1. The molecule has 0 bridgehead atoms. The molecule has 166 valence electrons. The number of thiophene rings is 1. The molecule has 0 atom stereocenters. The fourth-order valence-corrected chi connectivity index (χ4v) is 6.39. The Kier molecular flexibility index (Phi) is 6.99. The molecule has 2 aromatic rings. The van der Waals surface area contributed by atoms with Crippen molar-refractivity contribution in [2.45, 2.75) is 38.1 Å². The maximum atomic E-state index is 12.0. The highest BCUT2D eigenvalue weighted by Gasteiger charge is 2.26. The molecule has 2 heterocycles. The highest BCUT2D eigenvalue weighted by Crippen LogP contribution is 2.31. The van der Waals surface area contributed by atoms with Gasteiger partial charge in [-0.15, -0.1) is 11.3 Å². The van der Waals surface area contributed by atoms with Crippen LogP contribution in [0.25, 0.3) is 10.1 Å². The van der Waals surface area contributed by atoms with Gasteiger partial charge in [0.25, 0.3) is 10.2 Å². The average Bonchev–Trinajstić information content (AvgIpc) is 3.22. The van der Waals surface area contributed by atoms with Crippen molar-refractivity contribution in [3.8, 4) is 0 Å². The van der Waals surface area contributed by atoms with E-state index in [2.05, 4.69) is 44.2 Å². The number of nitrogens with one attached hydrogen (secondary N) is 1. The maximum Gasteiger partial charge on any atom is 0.279 e. The van der Waals surface area contributed by atoms with Gasteiger partial charge in [-0.25, -0.2) is 0 Å². The number of benzene rings is 1. The van der Waals surface area contributed by atoms with Crippen LogP contribution in [0, 0.1) is 5.92 Å². The molecule has 30 heavy (non-hydrogen) atoms. The topological polar surface area (TPSA) is 55.9 Å². The van der Waals surface area contributed by atoms with Gasteiger partial charge in [0.2, 0.25) is 0 Å². The van der Waals surface area contributed by atoms with Crippen molar-refractivity contribution in [2.75, 3.05) is 51.7 Å². The van der Waals surface area contributed by atoms with E-state index in [9.17, 15) is 8.42 Å². The summed E-state index contributed by atoms with van der Waals surface area (Å²) in [6, 6.07) is 8.98. The van der Waals surface area contributed by atoms with E-state index in [1.54, 1.807) is 14.1 Å². The van der Waals surface area contributed by atoms with Crippen molar-refractivity contribution in [3.63, 3.8) is 0 Å². The zero-order valence-corrected chi connectivity index (χ0v) is 19.7. The second kappa shape index (κ2) is 9.53. The lowest BCUT2D eigenvalue weighted by atomic mass is 9.84. The SMILES string of the molecule is CN(C)S(=O)(=O)NC1CCC(CCN2CCN(c3cccc4sccc34)CC2)CC1. The molecule has 0 spiro atoms. The van der Waals surface area contributed by atoms with E-state index in [0.717, 1.165) is 64.3 Å². The third kappa shape index (κ3) is 5.16. The maximum absolute atomic E-state index is 12.0. The standard InChI is InChI=1S/C22H34N4O2S2/c1-24(2)30(27,28)23-19-8-6-18(7-9-19)10-12-25-13-15-26(16-14-25)21-4-3-5-22-20(21)11-17-29-22/h3-5,11,17-19,23H,6-10,12-16H2,1-2H3. The second-order valence-corrected chi connectivity index (χ2v) is 11.7. The Bertz CT molecular complexity index is 928. The second-order valence-electron chi connectivity index (χ2n) is 8.85. The number of fused-ring (bicyclic) bond motifs is 1. The van der Waals surface area contributed by atoms with Gasteiger partial charge < -0.3 is 4.90 Å². The summed E-state index contributed by atoms with van der Waals surface area (Å²) in [5, 5.41) is 3.57. The van der Waals surface area contributed by atoms with Crippen LogP contribution in [0.2, 0.25) is 0 Å². The van der Waals surface area contributed by atoms with Gasteiger partial charge in [-0.3, -0.25) is 4.90 Å². The van der Waals surface area contributed by atoms with Crippen LogP contribution in [0.1, 0.15) is 32.1 Å². The van der Waals surface area contributed by atoms with Crippen molar-refractivity contribution in [3.05, 3.63) is 29.6 Å². The summed E-state index contributed by atoms with van der Waals surface area (Å²) in [5.74, 6) is 0.725. The number of nitrogens with zero attached hydrogens (tertiary/aromatic N) is 3. The third-order valence-corrected chi connectivity index (χ3v) is 9.16. The van der Waals surface area contributed by atoms with Crippen LogP contribution in [0.4, 0.5) is 5.69 Å². The fraction of sp³-hybridized carbons (Fsp3) is 0.636. The number of anilines is 1. The Morgan fingerprint density at radius 2 is 1.80 bits per heavy atom. The molecule has 6 nitrogen and oxygen atoms in total. The van der Waals surface area contributed by atoms with Crippen LogP contribution >= 0.6 is 11.3 Å². The van der Waals surface area contributed by atoms with E-state index in [1.807, 2.05) is 11.3 Å². The third-order valence-electron chi connectivity index (χ3n) is 6.68. The molecule has 1 aromatic carbocycles. The summed E-state index contributed by atoms with van der Waals surface area (Å²) in [4.78, 5) is 5.14. The number of piperazine rings is 1. The molecule has 1 saturated heterocycles. The first kappa shape index (κ1) is 22.0. The predicted octanol–water partition coefficient (Wildman–Crippen LogP) is 3.37. The summed E-state index contributed by atoms with van der Waals surface area (Å²) in [6.45, 7) is 5.59. The fourth-order valence-electron chi connectivity index (χ4n) is 4.72. The molecule has 0 unspecified atom stereocenters. The zero-order chi connectivity index (χ0) is 21.1. The first-order chi connectivity index (χ1) is 14.4. The van der Waals surface area contributed by atoms with E-state index in [0.29, 0.717) is 0 Å². The monoisotopic (exact) mass is 450 g/mol. The lowest BCUT2D eigenvalue weighted by Crippen LogP contribution is -2.47. The van der Waals surface area contributed by atoms with Crippen LogP contribution in [-0.2, 0) is 10.2 Å². The molecule has 1 aliphatic carbocycles. The summed E-state index contributed by atoms with van der Waals surface area (Å²) >= 11 is 1.82. The van der Waals surface area contributed by atoms with Crippen LogP contribution in [-0.4, -0.2) is 70.5 Å². The van der Waals surface area contributed by atoms with Gasteiger partial charge in [0.05, 0.1) is 0 Å². The highest BCUT2D eigenvalue weighted by atomic mass is 32.2. The van der Waals surface area contributed by atoms with Gasteiger partial charge in [-0.05, 0) is 68.1 Å². The molecular formula is C22H34N4O2S2. The molecule has 2 aliphatic rings. The highest BCUT2D eigenvalue weighted by molar-refractivity contribution is 7.87. The number of hydrogen-bond acceptors (Lipinski definition) is 5. The van der Waals surface area contributed by atoms with Gasteiger partial charge >= 0.3 is 0 Å². The Labute approximate surface area is 185 Å². The summed E-state index contributed by atoms with van der Waals surface area (Å²) < 4.78 is 29.5. The van der Waals surface area contributed by atoms with Crippen molar-refractivity contribution < 1.29 is 8.42 Å². The van der Waals surface area contributed by atoms with Gasteiger partial charge in [0.15, 0.2) is 0 Å².